The van der Waals surface area contributed by atoms with Gasteiger partial charge in [-0.25, -0.2) is 0 Å². The van der Waals surface area contributed by atoms with Crippen molar-refractivity contribution in [3.8, 4) is 5.75 Å². The molecule has 0 N–H and O–H groups in total. The van der Waals surface area contributed by atoms with Crippen LogP contribution >= 0.6 is 23.2 Å². The van der Waals surface area contributed by atoms with Crippen LogP contribution in [0.1, 0.15) is 36.5 Å². The van der Waals surface area contributed by atoms with Gasteiger partial charge in [-0.05, 0) is 37.3 Å². The lowest BCUT2D eigenvalue weighted by atomic mass is 10.0. The van der Waals surface area contributed by atoms with E-state index in [-0.39, 0.29) is 5.91 Å². The van der Waals surface area contributed by atoms with E-state index < -0.39 is 0 Å². The Morgan fingerprint density at radius 3 is 2.65 bits per heavy atom. The van der Waals surface area contributed by atoms with Crippen molar-refractivity contribution < 1.29 is 9.53 Å². The predicted molar refractivity (Wildman–Crippen MR) is 81.9 cm³/mol. The van der Waals surface area contributed by atoms with Gasteiger partial charge in [0.1, 0.15) is 5.56 Å². The summed E-state index contributed by atoms with van der Waals surface area (Å²) in [5.74, 6) is 0.925. The van der Waals surface area contributed by atoms with Gasteiger partial charge in [0.15, 0.2) is 5.75 Å². The minimum atomic E-state index is -0.0940. The second-order valence-corrected chi connectivity index (χ2v) is 6.08. The fraction of sp³-hybridized carbons (Fsp3) is 0.533. The summed E-state index contributed by atoms with van der Waals surface area (Å²) in [5, 5.41) is 0.789. The monoisotopic (exact) mass is 315 g/mol. The van der Waals surface area contributed by atoms with E-state index in [1.165, 1.54) is 7.11 Å². The van der Waals surface area contributed by atoms with Gasteiger partial charge in [0.05, 0.1) is 17.2 Å². The Morgan fingerprint density at radius 2 is 1.95 bits per heavy atom. The van der Waals surface area contributed by atoms with Crippen molar-refractivity contribution >= 4 is 29.1 Å². The van der Waals surface area contributed by atoms with Gasteiger partial charge in [0.2, 0.25) is 0 Å². The molecule has 1 fully saturated rings. The molecule has 0 saturated carbocycles. The number of rotatable bonds is 2. The van der Waals surface area contributed by atoms with Crippen LogP contribution in [0.15, 0.2) is 12.1 Å². The number of carbonyl (C=O) groups is 1. The second-order valence-electron chi connectivity index (χ2n) is 5.27. The Bertz CT molecular complexity index is 505. The van der Waals surface area contributed by atoms with Crippen molar-refractivity contribution in [1.82, 2.24) is 4.90 Å². The number of likely N-dealkylation sites (tertiary alicyclic amines) is 1. The number of nitrogens with zero attached hydrogens (tertiary/aromatic N) is 1. The average Bonchev–Trinajstić information content (AvgIpc) is 2.65. The van der Waals surface area contributed by atoms with E-state index in [2.05, 4.69) is 6.92 Å². The zero-order valence-electron chi connectivity index (χ0n) is 11.8. The molecule has 2 rings (SSSR count). The van der Waals surface area contributed by atoms with Crippen molar-refractivity contribution in [2.45, 2.75) is 26.2 Å². The summed E-state index contributed by atoms with van der Waals surface area (Å²) in [7, 11) is 1.50. The molecule has 0 bridgehead atoms. The first-order chi connectivity index (χ1) is 9.54. The molecule has 0 radical (unpaired) electrons. The number of carbonyl (C=O) groups excluding carboxylic acids is 1. The normalized spacial score (nSPS) is 19.6. The Kier molecular flexibility index (Phi) is 5.17. The summed E-state index contributed by atoms with van der Waals surface area (Å²) >= 11 is 12.3. The summed E-state index contributed by atoms with van der Waals surface area (Å²) in [6, 6.07) is 3.28. The Morgan fingerprint density at radius 1 is 1.25 bits per heavy atom. The fourth-order valence-electron chi connectivity index (χ4n) is 2.56. The lowest BCUT2D eigenvalue weighted by Gasteiger charge is -2.22. The van der Waals surface area contributed by atoms with Crippen LogP contribution in [0, 0.1) is 5.92 Å². The van der Waals surface area contributed by atoms with Gasteiger partial charge in [-0.1, -0.05) is 30.1 Å². The van der Waals surface area contributed by atoms with Crippen LogP contribution in [0.25, 0.3) is 0 Å². The number of hydrogen-bond donors (Lipinski definition) is 0. The summed E-state index contributed by atoms with van der Waals surface area (Å²) in [6.07, 6.45) is 3.20. The van der Waals surface area contributed by atoms with Crippen molar-refractivity contribution in [3.63, 3.8) is 0 Å². The highest BCUT2D eigenvalue weighted by Crippen LogP contribution is 2.35. The van der Waals surface area contributed by atoms with E-state index in [4.69, 9.17) is 27.9 Å². The predicted octanol–water partition coefficient (Wildman–Crippen LogP) is 4.26. The molecule has 20 heavy (non-hydrogen) atoms. The van der Waals surface area contributed by atoms with Crippen LogP contribution in [0.4, 0.5) is 0 Å². The van der Waals surface area contributed by atoms with Gasteiger partial charge < -0.3 is 9.64 Å². The standard InChI is InChI=1S/C15H19Cl2NO2/c1-10-4-3-8-18(9-7-10)15(19)13-11(16)5-6-12(17)14(13)20-2/h5-6,10H,3-4,7-9H2,1-2H3. The first kappa shape index (κ1) is 15.5. The summed E-state index contributed by atoms with van der Waals surface area (Å²) < 4.78 is 5.26. The van der Waals surface area contributed by atoms with E-state index in [1.54, 1.807) is 12.1 Å². The van der Waals surface area contributed by atoms with Crippen molar-refractivity contribution in [1.29, 1.82) is 0 Å². The topological polar surface area (TPSA) is 29.5 Å². The molecule has 3 nitrogen and oxygen atoms in total. The van der Waals surface area contributed by atoms with Gasteiger partial charge in [-0.2, -0.15) is 0 Å². The lowest BCUT2D eigenvalue weighted by molar-refractivity contribution is 0.0757. The number of hydrogen-bond acceptors (Lipinski definition) is 2. The average molecular weight is 316 g/mol. The summed E-state index contributed by atoms with van der Waals surface area (Å²) in [5.41, 5.74) is 0.371. The van der Waals surface area contributed by atoms with Crippen LogP contribution < -0.4 is 4.74 Å². The van der Waals surface area contributed by atoms with Crippen LogP contribution in [0.2, 0.25) is 10.0 Å². The molecule has 110 valence electrons. The first-order valence-electron chi connectivity index (χ1n) is 6.86. The molecule has 1 aliphatic rings. The quantitative estimate of drug-likeness (QED) is 0.816. The summed E-state index contributed by atoms with van der Waals surface area (Å²) in [4.78, 5) is 14.6. The number of methoxy groups -OCH3 is 1. The van der Waals surface area contributed by atoms with Gasteiger partial charge in [0.25, 0.3) is 5.91 Å². The van der Waals surface area contributed by atoms with E-state index >= 15 is 0 Å². The Labute approximate surface area is 129 Å². The minimum Gasteiger partial charge on any atom is -0.494 e. The van der Waals surface area contributed by atoms with E-state index in [0.717, 1.165) is 32.4 Å². The molecule has 1 aromatic carbocycles. The molecule has 1 amide bonds. The minimum absolute atomic E-state index is 0.0940. The second kappa shape index (κ2) is 6.68. The highest BCUT2D eigenvalue weighted by molar-refractivity contribution is 6.37. The highest BCUT2D eigenvalue weighted by atomic mass is 35.5. The molecule has 1 aromatic rings. The van der Waals surface area contributed by atoms with Crippen LogP contribution in [-0.2, 0) is 0 Å². The number of amides is 1. The molecule has 0 spiro atoms. The van der Waals surface area contributed by atoms with E-state index in [1.807, 2.05) is 4.90 Å². The molecule has 1 heterocycles. The van der Waals surface area contributed by atoms with Gasteiger partial charge >= 0.3 is 0 Å². The maximum Gasteiger partial charge on any atom is 0.259 e. The van der Waals surface area contributed by atoms with Gasteiger partial charge in [-0.3, -0.25) is 4.79 Å². The zero-order chi connectivity index (χ0) is 14.7. The summed E-state index contributed by atoms with van der Waals surface area (Å²) in [6.45, 7) is 3.74. The molecular formula is C15H19Cl2NO2. The number of benzene rings is 1. The Hall–Kier alpha value is -0.930. The molecular weight excluding hydrogens is 297 g/mol. The van der Waals surface area contributed by atoms with Gasteiger partial charge in [-0.15, -0.1) is 0 Å². The van der Waals surface area contributed by atoms with Crippen LogP contribution in [0.3, 0.4) is 0 Å². The van der Waals surface area contributed by atoms with Crippen LogP contribution in [0.5, 0.6) is 5.75 Å². The maximum absolute atomic E-state index is 12.7. The molecule has 0 aromatic heterocycles. The van der Waals surface area contributed by atoms with E-state index in [9.17, 15) is 4.79 Å². The maximum atomic E-state index is 12.7. The zero-order valence-corrected chi connectivity index (χ0v) is 13.3. The lowest BCUT2D eigenvalue weighted by Crippen LogP contribution is -2.32. The number of halogens is 2. The molecule has 1 atom stereocenters. The molecule has 0 aliphatic carbocycles. The molecule has 5 heteroatoms. The van der Waals surface area contributed by atoms with Crippen LogP contribution in [-0.4, -0.2) is 31.0 Å². The largest absolute Gasteiger partial charge is 0.494 e. The third-order valence-electron chi connectivity index (χ3n) is 3.78. The first-order valence-corrected chi connectivity index (χ1v) is 7.61. The highest BCUT2D eigenvalue weighted by Gasteiger charge is 2.25. The fourth-order valence-corrected chi connectivity index (χ4v) is 3.02. The van der Waals surface area contributed by atoms with Gasteiger partial charge in [0, 0.05) is 13.1 Å². The third kappa shape index (κ3) is 3.21. The SMILES string of the molecule is COc1c(Cl)ccc(Cl)c1C(=O)N1CCCC(C)CC1. The van der Waals surface area contributed by atoms with Crippen molar-refractivity contribution in [2.75, 3.05) is 20.2 Å². The molecule has 1 saturated heterocycles. The Balaban J connectivity index is 2.31. The molecule has 1 unspecified atom stereocenters. The third-order valence-corrected chi connectivity index (χ3v) is 4.39. The van der Waals surface area contributed by atoms with Crippen molar-refractivity contribution in [2.24, 2.45) is 5.92 Å². The van der Waals surface area contributed by atoms with E-state index in [0.29, 0.717) is 27.3 Å². The number of ether oxygens (including phenoxy) is 1. The van der Waals surface area contributed by atoms with Crippen molar-refractivity contribution in [3.05, 3.63) is 27.7 Å². The molecule has 1 aliphatic heterocycles. The smallest absolute Gasteiger partial charge is 0.259 e.